The van der Waals surface area contributed by atoms with Gasteiger partial charge in [0.15, 0.2) is 0 Å². The maximum atomic E-state index is 6.68. The number of furan rings is 1. The van der Waals surface area contributed by atoms with E-state index in [1.54, 1.807) is 0 Å². The van der Waals surface area contributed by atoms with E-state index in [4.69, 9.17) is 9.15 Å². The van der Waals surface area contributed by atoms with Crippen molar-refractivity contribution in [1.29, 1.82) is 0 Å². The molecular weight excluding hydrogens is 1120 g/mol. The zero-order valence-electron chi connectivity index (χ0n) is 50.8. The molecule has 1 heterocycles. The molecule has 436 valence electrons. The van der Waals surface area contributed by atoms with Gasteiger partial charge in [-0.15, -0.1) is 0 Å². The van der Waals surface area contributed by atoms with Crippen LogP contribution in [0.15, 0.2) is 350 Å². The van der Waals surface area contributed by atoms with Gasteiger partial charge in [0.1, 0.15) is 16.9 Å². The summed E-state index contributed by atoms with van der Waals surface area (Å²) in [6, 6.07) is 127. The maximum Gasteiger partial charge on any atom is 0.143 e. The third kappa shape index (κ3) is 8.66. The summed E-state index contributed by atoms with van der Waals surface area (Å²) in [7, 11) is 0. The third-order valence-electron chi connectivity index (χ3n) is 19.1. The Hall–Kier alpha value is -11.7. The Bertz CT molecular complexity index is 4900. The highest BCUT2D eigenvalue weighted by molar-refractivity contribution is 6.10. The summed E-state index contributed by atoms with van der Waals surface area (Å²) in [5.41, 5.74) is 25.8. The van der Waals surface area contributed by atoms with E-state index in [1.807, 2.05) is 19.1 Å². The SMILES string of the molecule is CCOc1cc(-c2ccc(-c3cc(N(c4ccccc4)c4ccc5c(c4)-c4ccccc4C5(c4ccccc4)c4ccccc4)cc(N(c4ccccc4)c4ccc5c(c4)-c4ccccc4C5(c4ccccc4)c4ccccc4)c3)cc2)c2oc3ccccc3c2c1. The van der Waals surface area contributed by atoms with Crippen molar-refractivity contribution in [2.45, 2.75) is 17.8 Å². The number of hydrogen-bond donors (Lipinski definition) is 0. The van der Waals surface area contributed by atoms with Gasteiger partial charge in [-0.05, 0) is 175 Å². The smallest absolute Gasteiger partial charge is 0.143 e. The number of ether oxygens (including phenoxy) is 1. The topological polar surface area (TPSA) is 28.9 Å². The molecule has 0 aliphatic heterocycles. The van der Waals surface area contributed by atoms with Crippen molar-refractivity contribution in [1.82, 2.24) is 0 Å². The van der Waals surface area contributed by atoms with Crippen LogP contribution in [0, 0.1) is 0 Å². The fourth-order valence-electron chi connectivity index (χ4n) is 15.3. The minimum Gasteiger partial charge on any atom is -0.494 e. The molecule has 0 bridgehead atoms. The molecule has 92 heavy (non-hydrogen) atoms. The zero-order chi connectivity index (χ0) is 61.2. The van der Waals surface area contributed by atoms with E-state index in [0.29, 0.717) is 6.61 Å². The van der Waals surface area contributed by atoms with E-state index in [0.717, 1.165) is 84.1 Å². The summed E-state index contributed by atoms with van der Waals surface area (Å²) in [4.78, 5) is 4.89. The quantitative estimate of drug-likeness (QED) is 0.108. The highest BCUT2D eigenvalue weighted by Crippen LogP contribution is 2.60. The van der Waals surface area contributed by atoms with Crippen LogP contribution in [0.2, 0.25) is 0 Å². The van der Waals surface area contributed by atoms with Crippen molar-refractivity contribution in [2.24, 2.45) is 0 Å². The van der Waals surface area contributed by atoms with Gasteiger partial charge in [0.2, 0.25) is 0 Å². The number of benzene rings is 14. The van der Waals surface area contributed by atoms with Crippen molar-refractivity contribution >= 4 is 56.1 Å². The number of fused-ring (bicyclic) bond motifs is 9. The molecule has 0 radical (unpaired) electrons. The Labute approximate surface area is 536 Å². The van der Waals surface area contributed by atoms with E-state index in [-0.39, 0.29) is 0 Å². The fourth-order valence-corrected chi connectivity index (χ4v) is 15.3. The Kier molecular flexibility index (Phi) is 13.3. The first kappa shape index (κ1) is 54.4. The summed E-state index contributed by atoms with van der Waals surface area (Å²) in [5, 5.41) is 2.10. The van der Waals surface area contributed by atoms with Crippen molar-refractivity contribution < 1.29 is 9.15 Å². The monoisotopic (exact) mass is 1180 g/mol. The van der Waals surface area contributed by atoms with Crippen LogP contribution >= 0.6 is 0 Å². The molecule has 0 saturated carbocycles. The van der Waals surface area contributed by atoms with Gasteiger partial charge in [0, 0.05) is 50.5 Å². The van der Waals surface area contributed by atoms with Crippen molar-refractivity contribution in [3.63, 3.8) is 0 Å². The van der Waals surface area contributed by atoms with E-state index < -0.39 is 10.8 Å². The molecule has 15 aromatic rings. The molecule has 2 aliphatic carbocycles. The highest BCUT2D eigenvalue weighted by Gasteiger charge is 2.48. The van der Waals surface area contributed by atoms with Crippen molar-refractivity contribution in [2.75, 3.05) is 16.4 Å². The summed E-state index contributed by atoms with van der Waals surface area (Å²) in [5.74, 6) is 0.812. The molecule has 4 nitrogen and oxygen atoms in total. The van der Waals surface area contributed by atoms with Gasteiger partial charge in [-0.25, -0.2) is 0 Å². The van der Waals surface area contributed by atoms with Crippen LogP contribution in [0.25, 0.3) is 66.4 Å². The number of para-hydroxylation sites is 3. The van der Waals surface area contributed by atoms with Crippen LogP contribution in [0.4, 0.5) is 34.1 Å². The molecule has 4 heteroatoms. The molecule has 14 aromatic carbocycles. The highest BCUT2D eigenvalue weighted by atomic mass is 16.5. The third-order valence-corrected chi connectivity index (χ3v) is 19.1. The summed E-state index contributed by atoms with van der Waals surface area (Å²) >= 11 is 0. The van der Waals surface area contributed by atoms with Gasteiger partial charge in [-0.1, -0.05) is 261 Å². The first-order valence-electron chi connectivity index (χ1n) is 31.8. The predicted octanol–water partition coefficient (Wildman–Crippen LogP) is 23.0. The standard InChI is InChI=1S/C88H62N2O2/c1-2-91-73-58-77(86-80(59-73)76-41-23-26-44-85(76)92-86)61-47-45-60(46-48-61)62-53-71(89(67-35-17-7-18-36-67)69-49-51-83-78(56-69)74-39-21-24-42-81(74)87(83,63-27-9-3-10-28-63)64-29-11-4-12-30-64)55-72(54-62)90(68-37-19-8-20-38-68)70-50-52-84-79(57-70)75-40-22-25-43-82(75)88(84,65-31-13-5-14-32-65)66-33-15-6-16-34-66/h3-59H,2H2,1H3. The molecule has 0 amide bonds. The van der Waals surface area contributed by atoms with Gasteiger partial charge in [0.05, 0.1) is 17.4 Å². The van der Waals surface area contributed by atoms with E-state index in [2.05, 4.69) is 343 Å². The fraction of sp³-hybridized carbons (Fsp3) is 0.0455. The van der Waals surface area contributed by atoms with Crippen LogP contribution in [0.3, 0.4) is 0 Å². The first-order chi connectivity index (χ1) is 45.6. The van der Waals surface area contributed by atoms with Gasteiger partial charge in [-0.2, -0.15) is 0 Å². The Morgan fingerprint density at radius 1 is 0.283 bits per heavy atom. The Morgan fingerprint density at radius 2 is 0.685 bits per heavy atom. The zero-order valence-corrected chi connectivity index (χ0v) is 50.8. The molecule has 17 rings (SSSR count). The normalized spacial score (nSPS) is 13.1. The lowest BCUT2D eigenvalue weighted by atomic mass is 9.68. The van der Waals surface area contributed by atoms with Gasteiger partial charge >= 0.3 is 0 Å². The lowest BCUT2D eigenvalue weighted by Gasteiger charge is -2.34. The summed E-state index contributed by atoms with van der Waals surface area (Å²) in [6.07, 6.45) is 0. The van der Waals surface area contributed by atoms with Crippen LogP contribution in [0.1, 0.15) is 51.4 Å². The molecule has 0 unspecified atom stereocenters. The average Bonchev–Trinajstić information content (AvgIpc) is 1.53. The second-order valence-electron chi connectivity index (χ2n) is 24.1. The number of nitrogens with zero attached hydrogens (tertiary/aromatic N) is 2. The number of hydrogen-bond acceptors (Lipinski definition) is 4. The van der Waals surface area contributed by atoms with Crippen LogP contribution in [0.5, 0.6) is 5.75 Å². The molecule has 0 atom stereocenters. The predicted molar refractivity (Wildman–Crippen MR) is 380 cm³/mol. The molecule has 0 fully saturated rings. The number of anilines is 6. The maximum absolute atomic E-state index is 6.68. The molecule has 1 aromatic heterocycles. The van der Waals surface area contributed by atoms with E-state index in [1.165, 1.54) is 66.8 Å². The van der Waals surface area contributed by atoms with Gasteiger partial charge in [0.25, 0.3) is 0 Å². The minimum atomic E-state index is -0.543. The van der Waals surface area contributed by atoms with Crippen molar-refractivity contribution in [3.8, 4) is 50.3 Å². The molecule has 2 aliphatic rings. The van der Waals surface area contributed by atoms with Gasteiger partial charge < -0.3 is 19.0 Å². The molecule has 0 N–H and O–H groups in total. The van der Waals surface area contributed by atoms with Crippen LogP contribution in [-0.2, 0) is 10.8 Å². The summed E-state index contributed by atoms with van der Waals surface area (Å²) < 4.78 is 12.9. The number of rotatable bonds is 14. The van der Waals surface area contributed by atoms with Gasteiger partial charge in [-0.3, -0.25) is 0 Å². The van der Waals surface area contributed by atoms with E-state index >= 15 is 0 Å². The molecule has 0 saturated heterocycles. The second kappa shape index (κ2) is 22.4. The Balaban J connectivity index is 0.892. The van der Waals surface area contributed by atoms with Crippen LogP contribution < -0.4 is 14.5 Å². The average molecular weight is 1180 g/mol. The second-order valence-corrected chi connectivity index (χ2v) is 24.1. The van der Waals surface area contributed by atoms with E-state index in [9.17, 15) is 0 Å². The minimum absolute atomic E-state index is 0.543. The first-order valence-corrected chi connectivity index (χ1v) is 31.8. The summed E-state index contributed by atoms with van der Waals surface area (Å²) in [6.45, 7) is 2.59. The van der Waals surface area contributed by atoms with Crippen LogP contribution in [-0.4, -0.2) is 6.61 Å². The lowest BCUT2D eigenvalue weighted by molar-refractivity contribution is 0.341. The largest absolute Gasteiger partial charge is 0.494 e. The molecule has 0 spiro atoms. The Morgan fingerprint density at radius 3 is 1.15 bits per heavy atom. The molecular formula is C88H62N2O2. The lowest BCUT2D eigenvalue weighted by Crippen LogP contribution is -2.28. The van der Waals surface area contributed by atoms with Crippen molar-refractivity contribution in [3.05, 3.63) is 390 Å².